The van der Waals surface area contributed by atoms with Crippen LogP contribution in [0.15, 0.2) is 24.3 Å². The molecule has 0 aromatic heterocycles. The first-order chi connectivity index (χ1) is 17.9. The van der Waals surface area contributed by atoms with Gasteiger partial charge in [0.15, 0.2) is 0 Å². The smallest absolute Gasteiger partial charge is 0.459 e. The van der Waals surface area contributed by atoms with Crippen LogP contribution < -0.4 is 16.2 Å². The van der Waals surface area contributed by atoms with Gasteiger partial charge in [0.25, 0.3) is 11.8 Å². The number of esters is 1. The van der Waals surface area contributed by atoms with Crippen molar-refractivity contribution in [2.24, 2.45) is 0 Å². The lowest BCUT2D eigenvalue weighted by molar-refractivity contribution is -0.155. The lowest BCUT2D eigenvalue weighted by atomic mass is 9.78. The molecule has 2 aliphatic heterocycles. The second kappa shape index (κ2) is 10.8. The van der Waals surface area contributed by atoms with Crippen LogP contribution in [0, 0.1) is 11.6 Å². The van der Waals surface area contributed by atoms with Gasteiger partial charge >= 0.3 is 20.2 Å². The van der Waals surface area contributed by atoms with Crippen LogP contribution in [0.3, 0.4) is 0 Å². The van der Waals surface area contributed by atoms with Crippen LogP contribution in [0.2, 0.25) is 0 Å². The largest absolute Gasteiger partial charge is 0.494 e. The molecule has 200 valence electrons. The summed E-state index contributed by atoms with van der Waals surface area (Å²) in [4.78, 5) is 39.4. The third-order valence-electron chi connectivity index (χ3n) is 6.00. The average Bonchev–Trinajstić information content (AvgIpc) is 3.40. The summed E-state index contributed by atoms with van der Waals surface area (Å²) in [5, 5.41) is 22.2. The molecule has 0 bridgehead atoms. The molecule has 0 atom stereocenters. The highest BCUT2D eigenvalue weighted by atomic mass is 19.1. The summed E-state index contributed by atoms with van der Waals surface area (Å²) in [6.45, 7) is 3.90. The van der Waals surface area contributed by atoms with E-state index in [0.29, 0.717) is 11.1 Å². The Labute approximate surface area is 218 Å². The average molecular weight is 530 g/mol. The third-order valence-corrected chi connectivity index (χ3v) is 6.00. The van der Waals surface area contributed by atoms with Crippen molar-refractivity contribution >= 4 is 42.9 Å². The van der Waals surface area contributed by atoms with Crippen molar-refractivity contribution in [2.75, 3.05) is 19.6 Å². The molecule has 0 saturated heterocycles. The maximum absolute atomic E-state index is 15.2. The van der Waals surface area contributed by atoms with Gasteiger partial charge in [0.2, 0.25) is 0 Å². The minimum absolute atomic E-state index is 0.0134. The third kappa shape index (κ3) is 5.73. The van der Waals surface area contributed by atoms with Crippen LogP contribution in [0.5, 0.6) is 0 Å². The second-order valence-corrected chi connectivity index (χ2v) is 9.90. The first kappa shape index (κ1) is 27.7. The number of carbonyl (C=O) groups excluding carboxylic acids is 3. The van der Waals surface area contributed by atoms with E-state index < -0.39 is 61.4 Å². The Morgan fingerprint density at radius 1 is 0.974 bits per heavy atom. The highest BCUT2D eigenvalue weighted by Gasteiger charge is 2.35. The van der Waals surface area contributed by atoms with Crippen LogP contribution in [0.1, 0.15) is 52.6 Å². The minimum atomic E-state index is -1.53. The zero-order valence-corrected chi connectivity index (χ0v) is 21.0. The van der Waals surface area contributed by atoms with Crippen LogP contribution in [0.25, 0.3) is 0 Å². The van der Waals surface area contributed by atoms with E-state index in [-0.39, 0.29) is 42.8 Å². The molecule has 14 heteroatoms. The SMILES string of the molecule is CC(C)(C)OC(=O)CN(CCNC(=O)c1ccc2c(c1F)B(O)OC2)C(=O)c1ccc2c(c1F)B(O)OC2. The maximum Gasteiger partial charge on any atom is 0.494 e. The lowest BCUT2D eigenvalue weighted by Gasteiger charge is -2.26. The summed E-state index contributed by atoms with van der Waals surface area (Å²) in [6, 6.07) is 5.40. The first-order valence-electron chi connectivity index (χ1n) is 11.9. The molecule has 2 aromatic carbocycles. The van der Waals surface area contributed by atoms with Gasteiger partial charge in [-0.3, -0.25) is 14.4 Å². The van der Waals surface area contributed by atoms with Crippen molar-refractivity contribution in [3.63, 3.8) is 0 Å². The van der Waals surface area contributed by atoms with Gasteiger partial charge in [-0.05, 0) is 44.0 Å². The molecule has 0 fully saturated rings. The fourth-order valence-electron chi connectivity index (χ4n) is 4.25. The van der Waals surface area contributed by atoms with Gasteiger partial charge in [0, 0.05) is 24.0 Å². The van der Waals surface area contributed by atoms with E-state index in [1.165, 1.54) is 24.3 Å². The number of nitrogens with zero attached hydrogens (tertiary/aromatic N) is 1. The topological polar surface area (TPSA) is 135 Å². The quantitative estimate of drug-likeness (QED) is 0.326. The Hall–Kier alpha value is -3.32. The van der Waals surface area contributed by atoms with Gasteiger partial charge in [-0.1, -0.05) is 12.1 Å². The molecular weight excluding hydrogens is 504 g/mol. The molecule has 2 amide bonds. The number of benzene rings is 2. The van der Waals surface area contributed by atoms with E-state index in [1.807, 2.05) is 0 Å². The van der Waals surface area contributed by atoms with Crippen LogP contribution in [-0.2, 0) is 32.1 Å². The molecule has 0 unspecified atom stereocenters. The van der Waals surface area contributed by atoms with E-state index in [4.69, 9.17) is 14.0 Å². The molecule has 0 spiro atoms. The van der Waals surface area contributed by atoms with Gasteiger partial charge < -0.3 is 34.3 Å². The summed E-state index contributed by atoms with van der Waals surface area (Å²) < 4.78 is 45.3. The Balaban J connectivity index is 1.50. The molecular formula is C24H26B2F2N2O8. The second-order valence-electron chi connectivity index (χ2n) is 9.90. The van der Waals surface area contributed by atoms with Crippen molar-refractivity contribution in [3.05, 3.63) is 58.2 Å². The van der Waals surface area contributed by atoms with E-state index in [0.717, 1.165) is 4.90 Å². The zero-order valence-electron chi connectivity index (χ0n) is 21.0. The van der Waals surface area contributed by atoms with E-state index in [2.05, 4.69) is 5.32 Å². The van der Waals surface area contributed by atoms with Crippen LogP contribution >= 0.6 is 0 Å². The molecule has 0 aliphatic carbocycles. The Kier molecular flexibility index (Phi) is 7.88. The lowest BCUT2D eigenvalue weighted by Crippen LogP contribution is -2.44. The number of fused-ring (bicyclic) bond motifs is 2. The van der Waals surface area contributed by atoms with E-state index in [9.17, 15) is 28.8 Å². The standard InChI is InChI=1S/C24H26B2F2N2O8/c1-24(2,3)38-17(31)10-30(23(33)16-7-5-14-12-37-26(35)19(14)21(16)28)9-8-29-22(32)15-6-4-13-11-36-25(34)18(13)20(15)27/h4-7,34-35H,8-12H2,1-3H3,(H,29,32). The Bertz CT molecular complexity index is 1290. The van der Waals surface area contributed by atoms with Gasteiger partial charge in [0.1, 0.15) is 23.8 Å². The predicted octanol–water partition coefficient (Wildman–Crippen LogP) is -0.386. The fraction of sp³-hybridized carbons (Fsp3) is 0.375. The zero-order chi connectivity index (χ0) is 27.8. The van der Waals surface area contributed by atoms with Crippen molar-refractivity contribution < 1.29 is 47.3 Å². The molecule has 4 rings (SSSR count). The normalized spacial score (nSPS) is 14.3. The number of nitrogens with one attached hydrogen (secondary N) is 1. The molecule has 3 N–H and O–H groups in total. The number of hydrogen-bond acceptors (Lipinski definition) is 8. The van der Waals surface area contributed by atoms with Crippen LogP contribution in [0.4, 0.5) is 8.78 Å². The van der Waals surface area contributed by atoms with Gasteiger partial charge in [-0.15, -0.1) is 0 Å². The van der Waals surface area contributed by atoms with Crippen molar-refractivity contribution in [2.45, 2.75) is 39.6 Å². The number of carbonyl (C=O) groups is 3. The summed E-state index contributed by atoms with van der Waals surface area (Å²) in [7, 11) is -3.01. The number of rotatable bonds is 7. The number of amides is 2. The Morgan fingerprint density at radius 3 is 2.05 bits per heavy atom. The van der Waals surface area contributed by atoms with Gasteiger partial charge in [-0.25, -0.2) is 8.78 Å². The minimum Gasteiger partial charge on any atom is -0.459 e. The number of halogens is 2. The fourth-order valence-corrected chi connectivity index (χ4v) is 4.25. The summed E-state index contributed by atoms with van der Waals surface area (Å²) in [5.41, 5.74) is -1.03. The summed E-state index contributed by atoms with van der Waals surface area (Å²) >= 11 is 0. The Morgan fingerprint density at radius 2 is 1.50 bits per heavy atom. The maximum atomic E-state index is 15.2. The highest BCUT2D eigenvalue weighted by Crippen LogP contribution is 2.18. The van der Waals surface area contributed by atoms with Crippen molar-refractivity contribution in [1.29, 1.82) is 0 Å². The first-order valence-corrected chi connectivity index (χ1v) is 11.9. The van der Waals surface area contributed by atoms with E-state index in [1.54, 1.807) is 20.8 Å². The van der Waals surface area contributed by atoms with Crippen molar-refractivity contribution in [1.82, 2.24) is 10.2 Å². The monoisotopic (exact) mass is 530 g/mol. The molecule has 0 saturated carbocycles. The van der Waals surface area contributed by atoms with E-state index >= 15 is 4.39 Å². The molecule has 2 aliphatic rings. The molecule has 2 heterocycles. The van der Waals surface area contributed by atoms with Crippen LogP contribution in [-0.4, -0.2) is 72.2 Å². The number of hydrogen-bond donors (Lipinski definition) is 3. The predicted molar refractivity (Wildman–Crippen MR) is 132 cm³/mol. The summed E-state index contributed by atoms with van der Waals surface area (Å²) in [6.07, 6.45) is 0. The number of ether oxygens (including phenoxy) is 1. The summed E-state index contributed by atoms with van der Waals surface area (Å²) in [5.74, 6) is -4.36. The van der Waals surface area contributed by atoms with Gasteiger partial charge in [0.05, 0.1) is 24.3 Å². The molecule has 2 aromatic rings. The molecule has 38 heavy (non-hydrogen) atoms. The highest BCUT2D eigenvalue weighted by molar-refractivity contribution is 6.62. The molecule has 0 radical (unpaired) electrons. The van der Waals surface area contributed by atoms with Gasteiger partial charge in [-0.2, -0.15) is 0 Å². The molecule has 10 nitrogen and oxygen atoms in total. The van der Waals surface area contributed by atoms with Crippen molar-refractivity contribution in [3.8, 4) is 0 Å².